The maximum Gasteiger partial charge on any atom is 0.339 e. The van der Waals surface area contributed by atoms with Crippen LogP contribution in [0.15, 0.2) is 6.20 Å². The SMILES string of the molecule is Cc1c(C(=O)O)cnn1C1CCN(C(=O)CC(C)C2CCCCC2)CC1. The van der Waals surface area contributed by atoms with Gasteiger partial charge in [-0.2, -0.15) is 5.10 Å². The number of aromatic carboxylic acids is 1. The minimum absolute atomic E-state index is 0.183. The molecule has 1 aliphatic heterocycles. The number of likely N-dealkylation sites (tertiary alicyclic amines) is 1. The van der Waals surface area contributed by atoms with Gasteiger partial charge in [-0.05, 0) is 31.6 Å². The highest BCUT2D eigenvalue weighted by molar-refractivity contribution is 5.88. The Labute approximate surface area is 155 Å². The quantitative estimate of drug-likeness (QED) is 0.868. The molecule has 2 aliphatic rings. The molecule has 0 bridgehead atoms. The van der Waals surface area contributed by atoms with Crippen molar-refractivity contribution in [3.05, 3.63) is 17.5 Å². The lowest BCUT2D eigenvalue weighted by atomic mass is 9.79. The average Bonchev–Trinajstić information content (AvgIpc) is 3.04. The molecule has 1 amide bonds. The summed E-state index contributed by atoms with van der Waals surface area (Å²) in [4.78, 5) is 25.9. The predicted octanol–water partition coefficient (Wildman–Crippen LogP) is 3.66. The Morgan fingerprint density at radius 2 is 1.85 bits per heavy atom. The second-order valence-corrected chi connectivity index (χ2v) is 8.08. The van der Waals surface area contributed by atoms with Crippen LogP contribution in [0.2, 0.25) is 0 Å². The van der Waals surface area contributed by atoms with E-state index in [4.69, 9.17) is 0 Å². The van der Waals surface area contributed by atoms with E-state index < -0.39 is 5.97 Å². The van der Waals surface area contributed by atoms with Gasteiger partial charge in [-0.25, -0.2) is 4.79 Å². The highest BCUT2D eigenvalue weighted by Crippen LogP contribution is 2.32. The molecule has 1 aliphatic carbocycles. The number of carbonyl (C=O) groups is 2. The Morgan fingerprint density at radius 3 is 2.42 bits per heavy atom. The number of hydrogen-bond donors (Lipinski definition) is 1. The normalized spacial score (nSPS) is 20.9. The number of carboxylic acid groups (broad SMARTS) is 1. The van der Waals surface area contributed by atoms with Crippen molar-refractivity contribution in [2.45, 2.75) is 71.3 Å². The van der Waals surface area contributed by atoms with Crippen LogP contribution in [0.25, 0.3) is 0 Å². The topological polar surface area (TPSA) is 75.4 Å². The van der Waals surface area contributed by atoms with Gasteiger partial charge in [0.15, 0.2) is 0 Å². The first-order valence-corrected chi connectivity index (χ1v) is 10.0. The summed E-state index contributed by atoms with van der Waals surface area (Å²) in [5.74, 6) is 0.543. The largest absolute Gasteiger partial charge is 0.478 e. The summed E-state index contributed by atoms with van der Waals surface area (Å²) in [7, 11) is 0. The number of nitrogens with zero attached hydrogens (tertiary/aromatic N) is 3. The lowest BCUT2D eigenvalue weighted by Crippen LogP contribution is -2.40. The van der Waals surface area contributed by atoms with Gasteiger partial charge in [-0.1, -0.05) is 39.0 Å². The maximum absolute atomic E-state index is 12.7. The Balaban J connectivity index is 1.51. The van der Waals surface area contributed by atoms with Crippen LogP contribution in [0.1, 0.15) is 80.4 Å². The third kappa shape index (κ3) is 4.10. The molecule has 1 aromatic rings. The third-order valence-corrected chi connectivity index (χ3v) is 6.39. The van der Waals surface area contributed by atoms with Gasteiger partial charge >= 0.3 is 5.97 Å². The molecule has 6 nitrogen and oxygen atoms in total. The summed E-state index contributed by atoms with van der Waals surface area (Å²) in [6.07, 6.45) is 10.3. The fraction of sp³-hybridized carbons (Fsp3) is 0.750. The van der Waals surface area contributed by atoms with Crippen LogP contribution in [-0.2, 0) is 4.79 Å². The van der Waals surface area contributed by atoms with E-state index in [0.717, 1.165) is 25.9 Å². The molecule has 1 N–H and O–H groups in total. The van der Waals surface area contributed by atoms with Gasteiger partial charge in [0.2, 0.25) is 5.91 Å². The second kappa shape index (κ2) is 8.23. The first-order chi connectivity index (χ1) is 12.5. The molecule has 0 aromatic carbocycles. The van der Waals surface area contributed by atoms with E-state index in [9.17, 15) is 14.7 Å². The molecular formula is C20H31N3O3. The fourth-order valence-electron chi connectivity index (χ4n) is 4.64. The molecule has 0 spiro atoms. The number of carboxylic acids is 1. The van der Waals surface area contributed by atoms with Crippen molar-refractivity contribution in [2.24, 2.45) is 11.8 Å². The van der Waals surface area contributed by atoms with Gasteiger partial charge in [0.1, 0.15) is 5.56 Å². The molecule has 1 aromatic heterocycles. The number of rotatable bonds is 5. The van der Waals surface area contributed by atoms with Crippen LogP contribution in [0.3, 0.4) is 0 Å². The van der Waals surface area contributed by atoms with E-state index in [-0.39, 0.29) is 17.5 Å². The number of carbonyl (C=O) groups excluding carboxylic acids is 1. The molecule has 2 fully saturated rings. The molecule has 1 unspecified atom stereocenters. The van der Waals surface area contributed by atoms with Crippen molar-refractivity contribution in [3.8, 4) is 0 Å². The second-order valence-electron chi connectivity index (χ2n) is 8.08. The van der Waals surface area contributed by atoms with Gasteiger partial charge in [0.05, 0.1) is 17.9 Å². The molecule has 1 saturated heterocycles. The lowest BCUT2D eigenvalue weighted by Gasteiger charge is -2.34. The predicted molar refractivity (Wildman–Crippen MR) is 99.1 cm³/mol. The zero-order valence-electron chi connectivity index (χ0n) is 16.0. The van der Waals surface area contributed by atoms with Gasteiger partial charge in [0, 0.05) is 19.5 Å². The molecule has 0 radical (unpaired) electrons. The van der Waals surface area contributed by atoms with Crippen molar-refractivity contribution in [2.75, 3.05) is 13.1 Å². The summed E-state index contributed by atoms with van der Waals surface area (Å²) in [6.45, 7) is 5.52. The Kier molecular flexibility index (Phi) is 5.99. The Hall–Kier alpha value is -1.85. The van der Waals surface area contributed by atoms with E-state index in [1.165, 1.54) is 38.3 Å². The average molecular weight is 361 g/mol. The van der Waals surface area contributed by atoms with Crippen LogP contribution in [-0.4, -0.2) is 44.8 Å². The number of amides is 1. The minimum Gasteiger partial charge on any atom is -0.478 e. The van der Waals surface area contributed by atoms with Gasteiger partial charge < -0.3 is 10.0 Å². The monoisotopic (exact) mass is 361 g/mol. The molecule has 1 saturated carbocycles. The van der Waals surface area contributed by atoms with Crippen LogP contribution in [0.4, 0.5) is 0 Å². The smallest absolute Gasteiger partial charge is 0.339 e. The first kappa shape index (κ1) is 18.9. The van der Waals surface area contributed by atoms with E-state index in [1.807, 2.05) is 9.58 Å². The van der Waals surface area contributed by atoms with Crippen molar-refractivity contribution >= 4 is 11.9 Å². The van der Waals surface area contributed by atoms with E-state index in [2.05, 4.69) is 12.0 Å². The van der Waals surface area contributed by atoms with Crippen LogP contribution >= 0.6 is 0 Å². The molecular weight excluding hydrogens is 330 g/mol. The van der Waals surface area contributed by atoms with Crippen LogP contribution < -0.4 is 0 Å². The highest BCUT2D eigenvalue weighted by atomic mass is 16.4. The number of hydrogen-bond acceptors (Lipinski definition) is 3. The van der Waals surface area contributed by atoms with Gasteiger partial charge in [0.25, 0.3) is 0 Å². The zero-order chi connectivity index (χ0) is 18.7. The standard InChI is InChI=1S/C20H31N3O3/c1-14(16-6-4-3-5-7-16)12-19(24)22-10-8-17(9-11-22)23-15(2)18(13-21-23)20(25)26/h13-14,16-17H,3-12H2,1-2H3,(H,25,26). The maximum atomic E-state index is 12.7. The van der Waals surface area contributed by atoms with Crippen molar-refractivity contribution in [1.82, 2.24) is 14.7 Å². The van der Waals surface area contributed by atoms with E-state index in [0.29, 0.717) is 24.0 Å². The van der Waals surface area contributed by atoms with Crippen molar-refractivity contribution in [3.63, 3.8) is 0 Å². The Morgan fingerprint density at radius 1 is 1.19 bits per heavy atom. The minimum atomic E-state index is -0.932. The van der Waals surface area contributed by atoms with Gasteiger partial charge in [-0.3, -0.25) is 9.48 Å². The first-order valence-electron chi connectivity index (χ1n) is 10.0. The fourth-order valence-corrected chi connectivity index (χ4v) is 4.64. The van der Waals surface area contributed by atoms with Gasteiger partial charge in [-0.15, -0.1) is 0 Å². The molecule has 2 heterocycles. The lowest BCUT2D eigenvalue weighted by molar-refractivity contribution is -0.133. The summed E-state index contributed by atoms with van der Waals surface area (Å²) in [6, 6.07) is 0.183. The van der Waals surface area contributed by atoms with Crippen molar-refractivity contribution in [1.29, 1.82) is 0 Å². The van der Waals surface area contributed by atoms with Crippen LogP contribution in [0, 0.1) is 18.8 Å². The summed E-state index contributed by atoms with van der Waals surface area (Å²) >= 11 is 0. The highest BCUT2D eigenvalue weighted by Gasteiger charge is 2.29. The number of piperidine rings is 1. The number of aromatic nitrogens is 2. The van der Waals surface area contributed by atoms with Crippen LogP contribution in [0.5, 0.6) is 0 Å². The Bertz CT molecular complexity index is 641. The third-order valence-electron chi connectivity index (χ3n) is 6.39. The molecule has 26 heavy (non-hydrogen) atoms. The van der Waals surface area contributed by atoms with E-state index in [1.54, 1.807) is 6.92 Å². The molecule has 1 atom stereocenters. The molecule has 6 heteroatoms. The molecule has 3 rings (SSSR count). The zero-order valence-corrected chi connectivity index (χ0v) is 16.0. The summed E-state index contributed by atoms with van der Waals surface area (Å²) < 4.78 is 1.83. The van der Waals surface area contributed by atoms with E-state index >= 15 is 0 Å². The van der Waals surface area contributed by atoms with Crippen molar-refractivity contribution < 1.29 is 14.7 Å². The summed E-state index contributed by atoms with van der Waals surface area (Å²) in [5, 5.41) is 13.4. The summed E-state index contributed by atoms with van der Waals surface area (Å²) in [5.41, 5.74) is 0.970. The molecule has 144 valence electrons.